The normalized spacial score (nSPS) is 17.3. The maximum Gasteiger partial charge on any atom is 0.0622 e. The van der Waals surface area contributed by atoms with E-state index < -0.39 is 0 Å². The molecule has 102 valence electrons. The number of hydrogen-bond acceptors (Lipinski definition) is 3. The van der Waals surface area contributed by atoms with Crippen molar-refractivity contribution in [1.82, 2.24) is 9.80 Å². The fraction of sp³-hybridized carbons (Fsp3) is 0.533. The zero-order valence-corrected chi connectivity index (χ0v) is 11.9. The Balaban J connectivity index is 1.71. The lowest BCUT2D eigenvalue weighted by Crippen LogP contribution is -2.46. The molecule has 3 nitrogen and oxygen atoms in total. The summed E-state index contributed by atoms with van der Waals surface area (Å²) in [5.74, 6) is 0. The first-order valence-electron chi connectivity index (χ1n) is 6.84. The van der Waals surface area contributed by atoms with E-state index in [0.717, 1.165) is 50.7 Å². The number of halogens is 1. The molecule has 0 aromatic heterocycles. The molecule has 0 aliphatic carbocycles. The summed E-state index contributed by atoms with van der Waals surface area (Å²) in [7, 11) is 0. The van der Waals surface area contributed by atoms with Crippen LogP contribution in [0, 0.1) is 11.3 Å². The molecule has 0 radical (unpaired) electrons. The van der Waals surface area contributed by atoms with Crippen molar-refractivity contribution in [2.75, 3.05) is 32.7 Å². The van der Waals surface area contributed by atoms with Gasteiger partial charge in [-0.25, -0.2) is 0 Å². The maximum atomic E-state index is 8.54. The fourth-order valence-corrected chi connectivity index (χ4v) is 2.53. The van der Waals surface area contributed by atoms with E-state index >= 15 is 0 Å². The van der Waals surface area contributed by atoms with Gasteiger partial charge >= 0.3 is 0 Å². The molecule has 0 saturated carbocycles. The molecule has 1 aromatic rings. The number of benzene rings is 1. The molecule has 4 heteroatoms. The quantitative estimate of drug-likeness (QED) is 0.776. The van der Waals surface area contributed by atoms with Crippen molar-refractivity contribution in [3.63, 3.8) is 0 Å². The predicted molar refractivity (Wildman–Crippen MR) is 78.0 cm³/mol. The van der Waals surface area contributed by atoms with E-state index in [1.807, 2.05) is 12.1 Å². The van der Waals surface area contributed by atoms with Crippen molar-refractivity contribution in [1.29, 1.82) is 5.26 Å². The van der Waals surface area contributed by atoms with Gasteiger partial charge in [-0.15, -0.1) is 0 Å². The molecule has 1 fully saturated rings. The highest BCUT2D eigenvalue weighted by Crippen LogP contribution is 2.13. The minimum Gasteiger partial charge on any atom is -0.301 e. The van der Waals surface area contributed by atoms with Crippen LogP contribution < -0.4 is 0 Å². The largest absolute Gasteiger partial charge is 0.301 e. The van der Waals surface area contributed by atoms with E-state index in [9.17, 15) is 0 Å². The highest BCUT2D eigenvalue weighted by Gasteiger charge is 2.16. The van der Waals surface area contributed by atoms with Crippen LogP contribution in [0.15, 0.2) is 24.3 Å². The van der Waals surface area contributed by atoms with Crippen molar-refractivity contribution >= 4 is 11.6 Å². The van der Waals surface area contributed by atoms with Crippen LogP contribution in [0.4, 0.5) is 0 Å². The van der Waals surface area contributed by atoms with Gasteiger partial charge in [-0.1, -0.05) is 23.7 Å². The van der Waals surface area contributed by atoms with Gasteiger partial charge in [0.1, 0.15) is 0 Å². The van der Waals surface area contributed by atoms with Crippen molar-refractivity contribution in [2.45, 2.75) is 19.4 Å². The van der Waals surface area contributed by atoms with Gasteiger partial charge in [-0.2, -0.15) is 5.26 Å². The average Bonchev–Trinajstić information content (AvgIpc) is 2.44. The van der Waals surface area contributed by atoms with Crippen molar-refractivity contribution in [3.8, 4) is 6.07 Å². The monoisotopic (exact) mass is 277 g/mol. The Morgan fingerprint density at radius 3 is 2.32 bits per heavy atom. The van der Waals surface area contributed by atoms with E-state index in [0.29, 0.717) is 6.42 Å². The van der Waals surface area contributed by atoms with Gasteiger partial charge in [0.15, 0.2) is 0 Å². The Labute approximate surface area is 120 Å². The van der Waals surface area contributed by atoms with Gasteiger partial charge in [0.2, 0.25) is 0 Å². The Morgan fingerprint density at radius 2 is 1.68 bits per heavy atom. The Kier molecular flexibility index (Phi) is 5.65. The molecular formula is C15H20ClN3. The number of nitrogens with zero attached hydrogens (tertiary/aromatic N) is 3. The topological polar surface area (TPSA) is 30.3 Å². The standard InChI is InChI=1S/C15H20ClN3/c16-15-5-3-14(4-6-15)13-19-11-9-18(10-12-19)8-2-1-7-17/h3-6H,1-2,8-13H2. The predicted octanol–water partition coefficient (Wildman–Crippen LogP) is 2.76. The Hall–Kier alpha value is -1.08. The lowest BCUT2D eigenvalue weighted by molar-refractivity contribution is 0.126. The second-order valence-corrected chi connectivity index (χ2v) is 5.44. The zero-order valence-electron chi connectivity index (χ0n) is 11.2. The number of piperazine rings is 1. The van der Waals surface area contributed by atoms with Gasteiger partial charge in [-0.05, 0) is 30.7 Å². The molecule has 1 saturated heterocycles. The van der Waals surface area contributed by atoms with Crippen LogP contribution in [0.25, 0.3) is 0 Å². The zero-order chi connectivity index (χ0) is 13.5. The van der Waals surface area contributed by atoms with E-state index in [1.165, 1.54) is 5.56 Å². The van der Waals surface area contributed by atoms with E-state index in [4.69, 9.17) is 16.9 Å². The lowest BCUT2D eigenvalue weighted by atomic mass is 10.2. The van der Waals surface area contributed by atoms with Crippen LogP contribution in [0.5, 0.6) is 0 Å². The number of rotatable bonds is 5. The summed E-state index contributed by atoms with van der Waals surface area (Å²) in [6.45, 7) is 6.49. The molecule has 1 heterocycles. The number of nitriles is 1. The van der Waals surface area contributed by atoms with E-state index in [2.05, 4.69) is 28.0 Å². The fourth-order valence-electron chi connectivity index (χ4n) is 2.40. The smallest absolute Gasteiger partial charge is 0.0622 e. The van der Waals surface area contributed by atoms with Crippen LogP contribution in [-0.2, 0) is 6.54 Å². The van der Waals surface area contributed by atoms with Crippen LogP contribution in [0.3, 0.4) is 0 Å². The van der Waals surface area contributed by atoms with Crippen LogP contribution in [0.2, 0.25) is 5.02 Å². The molecule has 1 aromatic carbocycles. The molecule has 0 bridgehead atoms. The average molecular weight is 278 g/mol. The molecular weight excluding hydrogens is 258 g/mol. The summed E-state index contributed by atoms with van der Waals surface area (Å²) in [6.07, 6.45) is 1.67. The minimum atomic E-state index is 0.672. The number of hydrogen-bond donors (Lipinski definition) is 0. The molecule has 1 aliphatic rings. The molecule has 1 aliphatic heterocycles. The SMILES string of the molecule is N#CCCCN1CCN(Cc2ccc(Cl)cc2)CC1. The molecule has 2 rings (SSSR count). The van der Waals surface area contributed by atoms with Gasteiger partial charge < -0.3 is 4.90 Å². The van der Waals surface area contributed by atoms with Gasteiger partial charge in [-0.3, -0.25) is 4.90 Å². The first-order valence-corrected chi connectivity index (χ1v) is 7.22. The first-order chi connectivity index (χ1) is 9.28. The second-order valence-electron chi connectivity index (χ2n) is 5.01. The van der Waals surface area contributed by atoms with Crippen LogP contribution in [-0.4, -0.2) is 42.5 Å². The van der Waals surface area contributed by atoms with E-state index in [1.54, 1.807) is 0 Å². The first kappa shape index (κ1) is 14.3. The summed E-state index contributed by atoms with van der Waals surface area (Å²) in [4.78, 5) is 4.93. The minimum absolute atomic E-state index is 0.672. The summed E-state index contributed by atoms with van der Waals surface area (Å²) >= 11 is 5.89. The summed E-state index contributed by atoms with van der Waals surface area (Å²) in [5.41, 5.74) is 1.32. The third-order valence-corrected chi connectivity index (χ3v) is 3.80. The third-order valence-electron chi connectivity index (χ3n) is 3.55. The Bertz CT molecular complexity index is 416. The summed E-state index contributed by atoms with van der Waals surface area (Å²) in [5, 5.41) is 9.33. The summed E-state index contributed by atoms with van der Waals surface area (Å²) in [6, 6.07) is 10.3. The molecule has 0 N–H and O–H groups in total. The van der Waals surface area contributed by atoms with Gasteiger partial charge in [0, 0.05) is 44.2 Å². The van der Waals surface area contributed by atoms with E-state index in [-0.39, 0.29) is 0 Å². The Morgan fingerprint density at radius 1 is 1.05 bits per heavy atom. The number of unbranched alkanes of at least 4 members (excludes halogenated alkanes) is 1. The van der Waals surface area contributed by atoms with Crippen LogP contribution >= 0.6 is 11.6 Å². The molecule has 0 unspecified atom stereocenters. The molecule has 0 amide bonds. The van der Waals surface area contributed by atoms with Crippen molar-refractivity contribution < 1.29 is 0 Å². The molecule has 19 heavy (non-hydrogen) atoms. The second kappa shape index (κ2) is 7.49. The van der Waals surface area contributed by atoms with Crippen LogP contribution in [0.1, 0.15) is 18.4 Å². The lowest BCUT2D eigenvalue weighted by Gasteiger charge is -2.34. The van der Waals surface area contributed by atoms with Crippen molar-refractivity contribution in [3.05, 3.63) is 34.9 Å². The summed E-state index contributed by atoms with van der Waals surface area (Å²) < 4.78 is 0. The van der Waals surface area contributed by atoms with Gasteiger partial charge in [0.05, 0.1) is 6.07 Å². The third kappa shape index (κ3) is 4.83. The highest BCUT2D eigenvalue weighted by molar-refractivity contribution is 6.30. The van der Waals surface area contributed by atoms with Gasteiger partial charge in [0.25, 0.3) is 0 Å². The maximum absolute atomic E-state index is 8.54. The molecule has 0 atom stereocenters. The van der Waals surface area contributed by atoms with Crippen molar-refractivity contribution in [2.24, 2.45) is 0 Å². The highest BCUT2D eigenvalue weighted by atomic mass is 35.5. The molecule has 0 spiro atoms.